The van der Waals surface area contributed by atoms with E-state index in [1.54, 1.807) is 0 Å². The van der Waals surface area contributed by atoms with Crippen LogP contribution in [-0.2, 0) is 0 Å². The molecule has 0 fully saturated rings. The first-order valence-corrected chi connectivity index (χ1v) is 4.18. The summed E-state index contributed by atoms with van der Waals surface area (Å²) in [6.07, 6.45) is -1.51. The van der Waals surface area contributed by atoms with Gasteiger partial charge >= 0.3 is 0 Å². The van der Waals surface area contributed by atoms with Gasteiger partial charge in [-0.15, -0.1) is 0 Å². The Bertz CT molecular complexity index is 345. The van der Waals surface area contributed by atoms with Crippen molar-refractivity contribution < 1.29 is 23.4 Å². The summed E-state index contributed by atoms with van der Waals surface area (Å²) in [4.78, 5) is 0. The number of aromatic hydroxyl groups is 1. The zero-order valence-electron chi connectivity index (χ0n) is 7.89. The quantitative estimate of drug-likeness (QED) is 0.669. The van der Waals surface area contributed by atoms with Crippen LogP contribution in [-0.4, -0.2) is 23.8 Å². The predicted octanol–water partition coefficient (Wildman–Crippen LogP) is 1.06. The maximum atomic E-state index is 13.1. The summed E-state index contributed by atoms with van der Waals surface area (Å²) in [6, 6.07) is 0.222. The number of halogens is 3. The Morgan fingerprint density at radius 3 is 2.47 bits per heavy atom. The van der Waals surface area contributed by atoms with E-state index in [9.17, 15) is 18.3 Å². The molecule has 3 nitrogen and oxygen atoms in total. The molecule has 0 spiro atoms. The lowest BCUT2D eigenvalue weighted by Crippen LogP contribution is -2.18. The standard InChI is InChI=1S/C9H10F3NO2/c1-13-3-6(14)7-8(12)4(10)2-5(11)9(7)15/h2,6,13-15H,3H2,1H3. The van der Waals surface area contributed by atoms with Crippen molar-refractivity contribution in [2.45, 2.75) is 6.10 Å². The second kappa shape index (κ2) is 4.50. The van der Waals surface area contributed by atoms with Crippen molar-refractivity contribution in [2.24, 2.45) is 0 Å². The Labute approximate surface area is 84.2 Å². The number of aliphatic hydroxyl groups excluding tert-OH is 1. The molecule has 15 heavy (non-hydrogen) atoms. The summed E-state index contributed by atoms with van der Waals surface area (Å²) in [5.74, 6) is -5.28. The molecule has 84 valence electrons. The number of hydrogen-bond donors (Lipinski definition) is 3. The first-order valence-electron chi connectivity index (χ1n) is 4.18. The molecule has 0 saturated heterocycles. The molecule has 3 N–H and O–H groups in total. The van der Waals surface area contributed by atoms with Gasteiger partial charge in [-0.1, -0.05) is 0 Å². The van der Waals surface area contributed by atoms with Gasteiger partial charge in [0.15, 0.2) is 23.2 Å². The van der Waals surface area contributed by atoms with Crippen LogP contribution >= 0.6 is 0 Å². The average Bonchev–Trinajstić information content (AvgIpc) is 2.16. The van der Waals surface area contributed by atoms with E-state index >= 15 is 0 Å². The number of likely N-dealkylation sites (N-methyl/N-ethyl adjacent to an activating group) is 1. The van der Waals surface area contributed by atoms with Crippen molar-refractivity contribution in [1.82, 2.24) is 5.32 Å². The van der Waals surface area contributed by atoms with Crippen molar-refractivity contribution in [3.63, 3.8) is 0 Å². The Balaban J connectivity index is 3.26. The summed E-state index contributed by atoms with van der Waals surface area (Å²) in [6.45, 7) is -0.132. The van der Waals surface area contributed by atoms with Gasteiger partial charge in [0.1, 0.15) is 0 Å². The Morgan fingerprint density at radius 1 is 1.33 bits per heavy atom. The highest BCUT2D eigenvalue weighted by atomic mass is 19.2. The molecule has 0 bridgehead atoms. The van der Waals surface area contributed by atoms with Gasteiger partial charge in [0.25, 0.3) is 0 Å². The fraction of sp³-hybridized carbons (Fsp3) is 0.333. The molecular formula is C9H10F3NO2. The van der Waals surface area contributed by atoms with Gasteiger partial charge in [0.2, 0.25) is 0 Å². The van der Waals surface area contributed by atoms with Crippen molar-refractivity contribution in [3.05, 3.63) is 29.1 Å². The Hall–Kier alpha value is -1.27. The molecule has 1 atom stereocenters. The van der Waals surface area contributed by atoms with Crippen LogP contribution < -0.4 is 5.32 Å². The zero-order valence-corrected chi connectivity index (χ0v) is 7.89. The number of phenolic OH excluding ortho intramolecular Hbond substituents is 1. The van der Waals surface area contributed by atoms with Crippen LogP contribution in [0.4, 0.5) is 13.2 Å². The van der Waals surface area contributed by atoms with E-state index in [2.05, 4.69) is 5.32 Å². The van der Waals surface area contributed by atoms with E-state index in [0.717, 1.165) is 0 Å². The second-order valence-electron chi connectivity index (χ2n) is 2.99. The highest BCUT2D eigenvalue weighted by Crippen LogP contribution is 2.31. The molecule has 0 heterocycles. The van der Waals surface area contributed by atoms with E-state index in [0.29, 0.717) is 0 Å². The van der Waals surface area contributed by atoms with Crippen LogP contribution in [0.5, 0.6) is 5.75 Å². The number of nitrogens with one attached hydrogen (secondary N) is 1. The molecule has 1 rings (SSSR count). The summed E-state index contributed by atoms with van der Waals surface area (Å²) in [7, 11) is 1.47. The lowest BCUT2D eigenvalue weighted by molar-refractivity contribution is 0.166. The van der Waals surface area contributed by atoms with Crippen molar-refractivity contribution in [1.29, 1.82) is 0 Å². The second-order valence-corrected chi connectivity index (χ2v) is 2.99. The average molecular weight is 221 g/mol. The Morgan fingerprint density at radius 2 is 1.93 bits per heavy atom. The van der Waals surface area contributed by atoms with E-state index < -0.39 is 34.9 Å². The smallest absolute Gasteiger partial charge is 0.168 e. The van der Waals surface area contributed by atoms with Crippen LogP contribution in [0.1, 0.15) is 11.7 Å². The number of benzene rings is 1. The molecule has 0 aliphatic carbocycles. The molecule has 0 radical (unpaired) electrons. The van der Waals surface area contributed by atoms with Crippen molar-refractivity contribution in [2.75, 3.05) is 13.6 Å². The lowest BCUT2D eigenvalue weighted by atomic mass is 10.1. The summed E-state index contributed by atoms with van der Waals surface area (Å²) < 4.78 is 38.7. The molecule has 1 aromatic rings. The minimum absolute atomic E-state index is 0.132. The van der Waals surface area contributed by atoms with Crippen LogP contribution in [0.2, 0.25) is 0 Å². The van der Waals surface area contributed by atoms with Gasteiger partial charge in [0.05, 0.1) is 11.7 Å². The fourth-order valence-electron chi connectivity index (χ4n) is 1.20. The largest absolute Gasteiger partial charge is 0.504 e. The number of aliphatic hydroxyl groups is 1. The molecule has 1 unspecified atom stereocenters. The van der Waals surface area contributed by atoms with Gasteiger partial charge < -0.3 is 15.5 Å². The summed E-state index contributed by atoms with van der Waals surface area (Å²) in [5, 5.41) is 21.0. The van der Waals surface area contributed by atoms with Crippen molar-refractivity contribution in [3.8, 4) is 5.75 Å². The minimum Gasteiger partial charge on any atom is -0.504 e. The van der Waals surface area contributed by atoms with Crippen molar-refractivity contribution >= 4 is 0 Å². The predicted molar refractivity (Wildman–Crippen MR) is 46.9 cm³/mol. The first-order chi connectivity index (χ1) is 6.99. The van der Waals surface area contributed by atoms with E-state index in [1.165, 1.54) is 7.05 Å². The zero-order chi connectivity index (χ0) is 11.6. The maximum absolute atomic E-state index is 13.1. The Kier molecular flexibility index (Phi) is 3.54. The number of phenols is 1. The SMILES string of the molecule is CNCC(O)c1c(O)c(F)cc(F)c1F. The van der Waals surface area contributed by atoms with Crippen LogP contribution in [0.3, 0.4) is 0 Å². The fourth-order valence-corrected chi connectivity index (χ4v) is 1.20. The molecule has 6 heteroatoms. The number of hydrogen-bond acceptors (Lipinski definition) is 3. The normalized spacial score (nSPS) is 12.9. The minimum atomic E-state index is -1.51. The first kappa shape index (κ1) is 11.8. The van der Waals surface area contributed by atoms with Gasteiger partial charge in [-0.2, -0.15) is 0 Å². The number of rotatable bonds is 3. The molecule has 0 saturated carbocycles. The van der Waals surface area contributed by atoms with E-state index in [1.807, 2.05) is 0 Å². The molecule has 0 aliphatic heterocycles. The van der Waals surface area contributed by atoms with E-state index in [-0.39, 0.29) is 12.6 Å². The van der Waals surface area contributed by atoms with Gasteiger partial charge in [-0.25, -0.2) is 13.2 Å². The highest BCUT2D eigenvalue weighted by Gasteiger charge is 2.23. The molecule has 0 aromatic heterocycles. The third kappa shape index (κ3) is 2.21. The monoisotopic (exact) mass is 221 g/mol. The molecule has 1 aromatic carbocycles. The summed E-state index contributed by atoms with van der Waals surface area (Å²) in [5.41, 5.74) is -0.776. The molecule has 0 aliphatic rings. The van der Waals surface area contributed by atoms with Crippen LogP contribution in [0, 0.1) is 17.5 Å². The molecule has 0 amide bonds. The summed E-state index contributed by atoms with van der Waals surface area (Å²) >= 11 is 0. The molecular weight excluding hydrogens is 211 g/mol. The van der Waals surface area contributed by atoms with Crippen LogP contribution in [0.15, 0.2) is 6.07 Å². The van der Waals surface area contributed by atoms with Gasteiger partial charge in [0, 0.05) is 12.6 Å². The maximum Gasteiger partial charge on any atom is 0.168 e. The lowest BCUT2D eigenvalue weighted by Gasteiger charge is -2.13. The van der Waals surface area contributed by atoms with Gasteiger partial charge in [-0.05, 0) is 7.05 Å². The third-order valence-corrected chi connectivity index (χ3v) is 1.91. The van der Waals surface area contributed by atoms with Gasteiger partial charge in [-0.3, -0.25) is 0 Å². The third-order valence-electron chi connectivity index (χ3n) is 1.91. The highest BCUT2D eigenvalue weighted by molar-refractivity contribution is 5.37. The van der Waals surface area contributed by atoms with Crippen LogP contribution in [0.25, 0.3) is 0 Å². The topological polar surface area (TPSA) is 52.5 Å². The van der Waals surface area contributed by atoms with E-state index in [4.69, 9.17) is 5.11 Å².